The monoisotopic (exact) mass is 316 g/mol. The van der Waals surface area contributed by atoms with Gasteiger partial charge in [0.25, 0.3) is 5.91 Å². The predicted molar refractivity (Wildman–Crippen MR) is 87.9 cm³/mol. The van der Waals surface area contributed by atoms with Gasteiger partial charge >= 0.3 is 0 Å². The van der Waals surface area contributed by atoms with Gasteiger partial charge in [-0.2, -0.15) is 0 Å². The molecule has 0 bridgehead atoms. The highest BCUT2D eigenvalue weighted by Gasteiger charge is 2.05. The molecule has 5 heteroatoms. The number of alkyl halides is 1. The molecular weight excluding hydrogens is 300 g/mol. The summed E-state index contributed by atoms with van der Waals surface area (Å²) in [5, 5.41) is 5.33. The fraction of sp³-hybridized carbons (Fsp3) is 0.176. The lowest BCUT2D eigenvalue weighted by Gasteiger charge is -2.07. The lowest BCUT2D eigenvalue weighted by Crippen LogP contribution is -2.35. The maximum Gasteiger partial charge on any atom is 0.251 e. The number of carbonyl (C=O) groups excluding carboxylic acids is 2. The van der Waals surface area contributed by atoms with Crippen molar-refractivity contribution in [2.45, 2.75) is 0 Å². The fourth-order valence-corrected chi connectivity index (χ4v) is 2.07. The van der Waals surface area contributed by atoms with E-state index in [4.69, 9.17) is 11.6 Å². The summed E-state index contributed by atoms with van der Waals surface area (Å²) in [6.45, 7) is 0.724. The van der Waals surface area contributed by atoms with Crippen LogP contribution in [0, 0.1) is 0 Å². The summed E-state index contributed by atoms with van der Waals surface area (Å²) in [6.07, 6.45) is 0. The third kappa shape index (κ3) is 4.60. The molecule has 0 spiro atoms. The van der Waals surface area contributed by atoms with Gasteiger partial charge in [-0.3, -0.25) is 9.59 Å². The van der Waals surface area contributed by atoms with Crippen molar-refractivity contribution < 1.29 is 9.59 Å². The molecule has 0 radical (unpaired) electrons. The Labute approximate surface area is 134 Å². The highest BCUT2D eigenvalue weighted by atomic mass is 35.5. The van der Waals surface area contributed by atoms with Gasteiger partial charge in [-0.25, -0.2) is 0 Å². The zero-order valence-corrected chi connectivity index (χ0v) is 12.8. The van der Waals surface area contributed by atoms with Gasteiger partial charge in [-0.15, -0.1) is 11.6 Å². The summed E-state index contributed by atoms with van der Waals surface area (Å²) in [5.41, 5.74) is 2.76. The number of hydrogen-bond donors (Lipinski definition) is 2. The van der Waals surface area contributed by atoms with E-state index in [1.165, 1.54) is 0 Å². The minimum atomic E-state index is -0.247. The number of rotatable bonds is 6. The molecule has 0 saturated carbocycles. The Morgan fingerprint density at radius 2 is 1.41 bits per heavy atom. The van der Waals surface area contributed by atoms with Gasteiger partial charge in [-0.05, 0) is 23.3 Å². The van der Waals surface area contributed by atoms with E-state index >= 15 is 0 Å². The molecule has 0 heterocycles. The van der Waals surface area contributed by atoms with Crippen LogP contribution in [0.4, 0.5) is 0 Å². The summed E-state index contributed by atoms with van der Waals surface area (Å²) in [6, 6.07) is 17.4. The van der Waals surface area contributed by atoms with Crippen LogP contribution in [0.1, 0.15) is 10.4 Å². The molecule has 114 valence electrons. The first-order chi connectivity index (χ1) is 10.7. The van der Waals surface area contributed by atoms with Crippen molar-refractivity contribution in [2.75, 3.05) is 19.0 Å². The topological polar surface area (TPSA) is 58.2 Å². The smallest absolute Gasteiger partial charge is 0.251 e. The Morgan fingerprint density at radius 3 is 2.05 bits per heavy atom. The number of amides is 2. The van der Waals surface area contributed by atoms with Crippen LogP contribution in [-0.4, -0.2) is 30.8 Å². The summed E-state index contributed by atoms with van der Waals surface area (Å²) >= 11 is 5.36. The van der Waals surface area contributed by atoms with Crippen molar-refractivity contribution in [1.82, 2.24) is 10.6 Å². The number of carbonyl (C=O) groups is 2. The Balaban J connectivity index is 1.87. The minimum Gasteiger partial charge on any atom is -0.353 e. The first-order valence-electron chi connectivity index (χ1n) is 6.97. The van der Waals surface area contributed by atoms with Crippen molar-refractivity contribution >= 4 is 23.4 Å². The maximum atomic E-state index is 12.0. The number of benzene rings is 2. The van der Waals surface area contributed by atoms with Crippen LogP contribution in [0.2, 0.25) is 0 Å². The Morgan fingerprint density at radius 1 is 0.818 bits per heavy atom. The maximum absolute atomic E-state index is 12.0. The molecule has 0 aliphatic rings. The Bertz CT molecular complexity index is 627. The molecule has 0 saturated heterocycles. The normalized spacial score (nSPS) is 10.0. The van der Waals surface area contributed by atoms with Gasteiger partial charge < -0.3 is 10.6 Å². The first kappa shape index (κ1) is 16.0. The molecule has 2 amide bonds. The molecule has 0 aliphatic heterocycles. The van der Waals surface area contributed by atoms with Crippen molar-refractivity contribution in [2.24, 2.45) is 0 Å². The van der Waals surface area contributed by atoms with Gasteiger partial charge in [0, 0.05) is 18.7 Å². The Kier molecular flexibility index (Phi) is 5.98. The molecule has 4 nitrogen and oxygen atoms in total. The van der Waals surface area contributed by atoms with Crippen molar-refractivity contribution in [3.8, 4) is 11.1 Å². The van der Waals surface area contributed by atoms with E-state index in [1.807, 2.05) is 42.5 Å². The fourth-order valence-electron chi connectivity index (χ4n) is 1.97. The summed E-state index contributed by atoms with van der Waals surface area (Å²) in [7, 11) is 0. The van der Waals surface area contributed by atoms with Crippen molar-refractivity contribution in [1.29, 1.82) is 0 Å². The molecular formula is C17H17ClN2O2. The molecule has 0 aromatic heterocycles. The third-order valence-electron chi connectivity index (χ3n) is 3.11. The molecule has 2 rings (SSSR count). The Hall–Kier alpha value is -2.33. The number of hydrogen-bond acceptors (Lipinski definition) is 2. The van der Waals surface area contributed by atoms with Gasteiger partial charge in [-0.1, -0.05) is 42.5 Å². The molecule has 2 aromatic rings. The lowest BCUT2D eigenvalue weighted by atomic mass is 10.0. The number of halogens is 1. The van der Waals surface area contributed by atoms with Gasteiger partial charge in [0.2, 0.25) is 5.91 Å². The molecule has 2 aromatic carbocycles. The summed E-state index contributed by atoms with van der Waals surface area (Å²) < 4.78 is 0. The van der Waals surface area contributed by atoms with Gasteiger partial charge in [0.15, 0.2) is 0 Å². The van der Waals surface area contributed by atoms with Gasteiger partial charge in [0.05, 0.1) is 0 Å². The van der Waals surface area contributed by atoms with E-state index in [0.717, 1.165) is 11.1 Å². The van der Waals surface area contributed by atoms with Crippen LogP contribution in [-0.2, 0) is 4.79 Å². The predicted octanol–water partition coefficient (Wildman–Crippen LogP) is 2.44. The minimum absolute atomic E-state index is 0.0745. The van der Waals surface area contributed by atoms with Crippen LogP contribution in [0.25, 0.3) is 11.1 Å². The average Bonchev–Trinajstić information content (AvgIpc) is 2.59. The second-order valence-corrected chi connectivity index (χ2v) is 4.95. The number of nitrogens with one attached hydrogen (secondary N) is 2. The molecule has 2 N–H and O–H groups in total. The van der Waals surface area contributed by atoms with Crippen LogP contribution < -0.4 is 10.6 Å². The zero-order valence-electron chi connectivity index (χ0n) is 12.0. The summed E-state index contributed by atoms with van der Waals surface area (Å²) in [4.78, 5) is 22.9. The van der Waals surface area contributed by atoms with Crippen LogP contribution in [0.3, 0.4) is 0 Å². The zero-order chi connectivity index (χ0) is 15.8. The average molecular weight is 317 g/mol. The standard InChI is InChI=1S/C17H17ClN2O2/c18-12-16(21)19-10-11-20-17(22)15-8-6-14(7-9-15)13-4-2-1-3-5-13/h1-9H,10-12H2,(H,19,21)(H,20,22). The third-order valence-corrected chi connectivity index (χ3v) is 3.35. The van der Waals surface area contributed by atoms with E-state index in [1.54, 1.807) is 12.1 Å². The summed E-state index contributed by atoms with van der Waals surface area (Å²) in [5.74, 6) is -0.489. The SMILES string of the molecule is O=C(CCl)NCCNC(=O)c1ccc(-c2ccccc2)cc1. The highest BCUT2D eigenvalue weighted by Crippen LogP contribution is 2.19. The lowest BCUT2D eigenvalue weighted by molar-refractivity contribution is -0.118. The van der Waals surface area contributed by atoms with E-state index in [-0.39, 0.29) is 17.7 Å². The largest absolute Gasteiger partial charge is 0.353 e. The molecule has 0 unspecified atom stereocenters. The van der Waals surface area contributed by atoms with Gasteiger partial charge in [0.1, 0.15) is 5.88 Å². The van der Waals surface area contributed by atoms with Crippen molar-refractivity contribution in [3.05, 3.63) is 60.2 Å². The van der Waals surface area contributed by atoms with E-state index in [9.17, 15) is 9.59 Å². The van der Waals surface area contributed by atoms with Crippen molar-refractivity contribution in [3.63, 3.8) is 0 Å². The van der Waals surface area contributed by atoms with E-state index in [2.05, 4.69) is 10.6 Å². The van der Waals surface area contributed by atoms with E-state index < -0.39 is 0 Å². The molecule has 0 aliphatic carbocycles. The first-order valence-corrected chi connectivity index (χ1v) is 7.50. The second kappa shape index (κ2) is 8.20. The van der Waals surface area contributed by atoms with Crippen LogP contribution >= 0.6 is 11.6 Å². The molecule has 22 heavy (non-hydrogen) atoms. The molecule has 0 fully saturated rings. The quantitative estimate of drug-likeness (QED) is 0.635. The van der Waals surface area contributed by atoms with Crippen LogP contribution in [0.5, 0.6) is 0 Å². The molecule has 0 atom stereocenters. The van der Waals surface area contributed by atoms with E-state index in [0.29, 0.717) is 18.7 Å². The van der Waals surface area contributed by atoms with Crippen LogP contribution in [0.15, 0.2) is 54.6 Å². The highest BCUT2D eigenvalue weighted by molar-refractivity contribution is 6.27. The second-order valence-electron chi connectivity index (χ2n) is 4.68.